The number of phenolic OH excluding ortho intramolecular Hbond substituents is 2. The van der Waals surface area contributed by atoms with Gasteiger partial charge in [0.25, 0.3) is 0 Å². The van der Waals surface area contributed by atoms with Gasteiger partial charge in [0.05, 0.1) is 11.2 Å². The number of phenols is 2. The molecule has 0 unspecified atom stereocenters. The molecule has 0 atom stereocenters. The molecule has 0 fully saturated rings. The third-order valence-corrected chi connectivity index (χ3v) is 4.00. The van der Waals surface area contributed by atoms with Gasteiger partial charge in [-0.15, -0.1) is 0 Å². The number of hydrogen-bond donors (Lipinski definition) is 3. The SMILES string of the molecule is Oc1ccc(-c2c(-c3ccccc3)[nH]c3cc(O)ccc23)cc1. The molecule has 0 bridgehead atoms. The van der Waals surface area contributed by atoms with Crippen molar-refractivity contribution < 1.29 is 10.2 Å². The van der Waals surface area contributed by atoms with Crippen molar-refractivity contribution in [3.05, 3.63) is 72.8 Å². The second-order valence-corrected chi connectivity index (χ2v) is 5.52. The van der Waals surface area contributed by atoms with Gasteiger partial charge in [-0.05, 0) is 35.4 Å². The molecule has 0 aliphatic carbocycles. The number of aromatic nitrogens is 1. The molecule has 0 saturated carbocycles. The molecule has 0 saturated heterocycles. The molecule has 112 valence electrons. The fraction of sp³-hybridized carbons (Fsp3) is 0. The van der Waals surface area contributed by atoms with Crippen molar-refractivity contribution >= 4 is 10.9 Å². The van der Waals surface area contributed by atoms with Gasteiger partial charge in [0.1, 0.15) is 11.5 Å². The summed E-state index contributed by atoms with van der Waals surface area (Å²) >= 11 is 0. The Morgan fingerprint density at radius 2 is 1.35 bits per heavy atom. The van der Waals surface area contributed by atoms with Crippen molar-refractivity contribution in [1.82, 2.24) is 4.98 Å². The standard InChI is InChI=1S/C20H15NO2/c22-15-8-6-13(7-9-15)19-17-11-10-16(23)12-18(17)21-20(19)14-4-2-1-3-5-14/h1-12,21-23H. The molecule has 1 aromatic heterocycles. The Hall–Kier alpha value is -3.20. The molecule has 3 aromatic carbocycles. The highest BCUT2D eigenvalue weighted by molar-refractivity contribution is 6.04. The van der Waals surface area contributed by atoms with Crippen LogP contribution in [0.1, 0.15) is 0 Å². The van der Waals surface area contributed by atoms with Gasteiger partial charge < -0.3 is 15.2 Å². The summed E-state index contributed by atoms with van der Waals surface area (Å²) in [6.07, 6.45) is 0. The van der Waals surface area contributed by atoms with E-state index in [0.29, 0.717) is 0 Å². The van der Waals surface area contributed by atoms with Gasteiger partial charge in [-0.1, -0.05) is 42.5 Å². The van der Waals surface area contributed by atoms with Crippen LogP contribution in [0.5, 0.6) is 11.5 Å². The zero-order valence-corrected chi connectivity index (χ0v) is 12.3. The van der Waals surface area contributed by atoms with E-state index in [1.54, 1.807) is 24.3 Å². The van der Waals surface area contributed by atoms with Crippen LogP contribution in [0.4, 0.5) is 0 Å². The predicted octanol–water partition coefficient (Wildman–Crippen LogP) is 4.91. The van der Waals surface area contributed by atoms with Gasteiger partial charge in [0, 0.05) is 17.0 Å². The minimum absolute atomic E-state index is 0.232. The first kappa shape index (κ1) is 13.5. The number of nitrogens with one attached hydrogen (secondary N) is 1. The Kier molecular flexibility index (Phi) is 3.05. The van der Waals surface area contributed by atoms with Gasteiger partial charge in [-0.3, -0.25) is 0 Å². The predicted molar refractivity (Wildman–Crippen MR) is 92.5 cm³/mol. The number of H-pyrrole nitrogens is 1. The lowest BCUT2D eigenvalue weighted by Crippen LogP contribution is -1.82. The van der Waals surface area contributed by atoms with E-state index in [4.69, 9.17) is 0 Å². The molecule has 3 N–H and O–H groups in total. The second kappa shape index (κ2) is 5.21. The van der Waals surface area contributed by atoms with Crippen molar-refractivity contribution in [1.29, 1.82) is 0 Å². The average Bonchev–Trinajstić information content (AvgIpc) is 2.95. The highest BCUT2D eigenvalue weighted by Crippen LogP contribution is 2.39. The molecule has 23 heavy (non-hydrogen) atoms. The van der Waals surface area contributed by atoms with Crippen LogP contribution in [0.2, 0.25) is 0 Å². The molecule has 3 nitrogen and oxygen atoms in total. The van der Waals surface area contributed by atoms with Crippen LogP contribution in [0.15, 0.2) is 72.8 Å². The fourth-order valence-electron chi connectivity index (χ4n) is 2.93. The molecule has 4 aromatic rings. The van der Waals surface area contributed by atoms with Crippen molar-refractivity contribution in [3.8, 4) is 33.9 Å². The van der Waals surface area contributed by atoms with E-state index < -0.39 is 0 Å². The first-order valence-corrected chi connectivity index (χ1v) is 7.42. The zero-order valence-electron chi connectivity index (χ0n) is 12.3. The van der Waals surface area contributed by atoms with Crippen molar-refractivity contribution in [2.75, 3.05) is 0 Å². The largest absolute Gasteiger partial charge is 0.508 e. The van der Waals surface area contributed by atoms with Crippen LogP contribution in [-0.2, 0) is 0 Å². The van der Waals surface area contributed by atoms with E-state index >= 15 is 0 Å². The van der Waals surface area contributed by atoms with Crippen molar-refractivity contribution in [3.63, 3.8) is 0 Å². The monoisotopic (exact) mass is 301 g/mol. The average molecular weight is 301 g/mol. The molecule has 1 heterocycles. The minimum atomic E-state index is 0.232. The number of benzene rings is 3. The summed E-state index contributed by atoms with van der Waals surface area (Å²) < 4.78 is 0. The first-order chi connectivity index (χ1) is 11.2. The molecule has 4 rings (SSSR count). The van der Waals surface area contributed by atoms with Crippen LogP contribution in [0.3, 0.4) is 0 Å². The first-order valence-electron chi connectivity index (χ1n) is 7.42. The lowest BCUT2D eigenvalue weighted by Gasteiger charge is -2.06. The van der Waals surface area contributed by atoms with E-state index in [1.807, 2.05) is 36.4 Å². The summed E-state index contributed by atoms with van der Waals surface area (Å²) in [5.41, 5.74) is 5.03. The van der Waals surface area contributed by atoms with Crippen molar-refractivity contribution in [2.24, 2.45) is 0 Å². The molecular weight excluding hydrogens is 286 g/mol. The quantitative estimate of drug-likeness (QED) is 0.492. The van der Waals surface area contributed by atoms with Crippen LogP contribution < -0.4 is 0 Å². The molecule has 0 radical (unpaired) electrons. The van der Waals surface area contributed by atoms with Gasteiger partial charge in [0.15, 0.2) is 0 Å². The molecule has 0 aliphatic rings. The lowest BCUT2D eigenvalue weighted by molar-refractivity contribution is 0.475. The molecule has 3 heteroatoms. The normalized spacial score (nSPS) is 11.0. The van der Waals surface area contributed by atoms with Crippen LogP contribution in [0, 0.1) is 0 Å². The number of fused-ring (bicyclic) bond motifs is 1. The number of aromatic amines is 1. The minimum Gasteiger partial charge on any atom is -0.508 e. The number of aromatic hydroxyl groups is 2. The van der Waals surface area contributed by atoms with Gasteiger partial charge >= 0.3 is 0 Å². The summed E-state index contributed by atoms with van der Waals surface area (Å²) in [5, 5.41) is 20.3. The van der Waals surface area contributed by atoms with E-state index in [-0.39, 0.29) is 11.5 Å². The lowest BCUT2D eigenvalue weighted by atomic mass is 9.98. The van der Waals surface area contributed by atoms with E-state index in [9.17, 15) is 10.2 Å². The Morgan fingerprint density at radius 1 is 0.652 bits per heavy atom. The number of hydrogen-bond acceptors (Lipinski definition) is 2. The Morgan fingerprint density at radius 3 is 2.09 bits per heavy atom. The van der Waals surface area contributed by atoms with Gasteiger partial charge in [-0.2, -0.15) is 0 Å². The summed E-state index contributed by atoms with van der Waals surface area (Å²) in [6, 6.07) is 22.6. The maximum Gasteiger partial charge on any atom is 0.117 e. The van der Waals surface area contributed by atoms with Crippen LogP contribution >= 0.6 is 0 Å². The van der Waals surface area contributed by atoms with Crippen LogP contribution in [-0.4, -0.2) is 15.2 Å². The second-order valence-electron chi connectivity index (χ2n) is 5.52. The van der Waals surface area contributed by atoms with E-state index in [1.165, 1.54) is 0 Å². The third kappa shape index (κ3) is 2.32. The van der Waals surface area contributed by atoms with E-state index in [0.717, 1.165) is 33.3 Å². The summed E-state index contributed by atoms with van der Waals surface area (Å²) in [6.45, 7) is 0. The Bertz CT molecular complexity index is 970. The highest BCUT2D eigenvalue weighted by Gasteiger charge is 2.15. The summed E-state index contributed by atoms with van der Waals surface area (Å²) in [4.78, 5) is 3.41. The maximum absolute atomic E-state index is 9.75. The smallest absolute Gasteiger partial charge is 0.117 e. The van der Waals surface area contributed by atoms with Gasteiger partial charge in [0.2, 0.25) is 0 Å². The fourth-order valence-corrected chi connectivity index (χ4v) is 2.93. The summed E-state index contributed by atoms with van der Waals surface area (Å²) in [7, 11) is 0. The van der Waals surface area contributed by atoms with Crippen molar-refractivity contribution in [2.45, 2.75) is 0 Å². The zero-order chi connectivity index (χ0) is 15.8. The van der Waals surface area contributed by atoms with Crippen LogP contribution in [0.25, 0.3) is 33.3 Å². The third-order valence-electron chi connectivity index (χ3n) is 4.00. The highest BCUT2D eigenvalue weighted by atomic mass is 16.3. The maximum atomic E-state index is 9.75. The van der Waals surface area contributed by atoms with E-state index in [2.05, 4.69) is 17.1 Å². The topological polar surface area (TPSA) is 56.2 Å². The molecule has 0 amide bonds. The van der Waals surface area contributed by atoms with Gasteiger partial charge in [-0.25, -0.2) is 0 Å². The molecule has 0 aliphatic heterocycles. The molecular formula is C20H15NO2. The molecule has 0 spiro atoms. The summed E-state index contributed by atoms with van der Waals surface area (Å²) in [5.74, 6) is 0.475. The Balaban J connectivity index is 2.05. The Labute approximate surface area is 133 Å². The number of rotatable bonds is 2.